The Morgan fingerprint density at radius 3 is 2.62 bits per heavy atom. The fraction of sp³-hybridized carbons (Fsp3) is 0.381. The molecule has 1 fully saturated rings. The Bertz CT molecular complexity index is 791. The van der Waals surface area contributed by atoms with Crippen LogP contribution in [0.2, 0.25) is 0 Å². The lowest BCUT2D eigenvalue weighted by molar-refractivity contribution is 0.0474. The Hall–Kier alpha value is -2.69. The molecule has 26 heavy (non-hydrogen) atoms. The zero-order chi connectivity index (χ0) is 17.9. The smallest absolute Gasteiger partial charge is 0.413 e. The first-order chi connectivity index (χ1) is 12.8. The lowest BCUT2D eigenvalue weighted by Gasteiger charge is -2.42. The van der Waals surface area contributed by atoms with Gasteiger partial charge in [-0.2, -0.15) is 0 Å². The average Bonchev–Trinajstić information content (AvgIpc) is 2.68. The van der Waals surface area contributed by atoms with Crippen LogP contribution in [0, 0.1) is 5.92 Å². The van der Waals surface area contributed by atoms with Gasteiger partial charge in [0, 0.05) is 11.5 Å². The number of amides is 1. The summed E-state index contributed by atoms with van der Waals surface area (Å²) < 4.78 is 17.0. The molecule has 0 spiro atoms. The summed E-state index contributed by atoms with van der Waals surface area (Å²) in [5, 5.41) is 3.08. The van der Waals surface area contributed by atoms with Crippen LogP contribution in [-0.4, -0.2) is 19.3 Å². The van der Waals surface area contributed by atoms with Crippen molar-refractivity contribution in [3.05, 3.63) is 54.1 Å². The Balaban J connectivity index is 1.56. The van der Waals surface area contributed by atoms with E-state index < -0.39 is 6.09 Å². The van der Waals surface area contributed by atoms with E-state index in [1.165, 1.54) is 6.42 Å². The fourth-order valence-electron chi connectivity index (χ4n) is 4.04. The molecule has 0 aromatic heterocycles. The van der Waals surface area contributed by atoms with E-state index in [2.05, 4.69) is 5.32 Å². The molecule has 2 aromatic carbocycles. The van der Waals surface area contributed by atoms with E-state index in [-0.39, 0.29) is 18.1 Å². The van der Waals surface area contributed by atoms with E-state index in [4.69, 9.17) is 14.2 Å². The van der Waals surface area contributed by atoms with Crippen LogP contribution >= 0.6 is 0 Å². The molecule has 1 aliphatic heterocycles. The van der Waals surface area contributed by atoms with Crippen molar-refractivity contribution in [2.45, 2.75) is 37.8 Å². The average molecular weight is 353 g/mol. The first-order valence-electron chi connectivity index (χ1n) is 9.13. The molecule has 5 heteroatoms. The Morgan fingerprint density at radius 1 is 1.04 bits per heavy atom. The minimum absolute atomic E-state index is 0.104. The molecule has 2 aliphatic rings. The predicted molar refractivity (Wildman–Crippen MR) is 97.7 cm³/mol. The van der Waals surface area contributed by atoms with Crippen molar-refractivity contribution < 1.29 is 19.0 Å². The maximum absolute atomic E-state index is 12.6. The minimum atomic E-state index is -0.472. The maximum Gasteiger partial charge on any atom is 0.413 e. The number of hydrogen-bond donors (Lipinski definition) is 1. The van der Waals surface area contributed by atoms with Crippen LogP contribution in [0.15, 0.2) is 48.5 Å². The molecule has 1 N–H and O–H groups in total. The summed E-state index contributed by atoms with van der Waals surface area (Å²) in [5.41, 5.74) is 1.02. The second kappa shape index (κ2) is 7.28. The van der Waals surface area contributed by atoms with Gasteiger partial charge in [-0.05, 0) is 37.5 Å². The van der Waals surface area contributed by atoms with Gasteiger partial charge in [0.2, 0.25) is 0 Å². The highest BCUT2D eigenvalue weighted by atomic mass is 16.6. The van der Waals surface area contributed by atoms with Gasteiger partial charge in [-0.15, -0.1) is 0 Å². The summed E-state index contributed by atoms with van der Waals surface area (Å²) in [6.45, 7) is 0. The summed E-state index contributed by atoms with van der Waals surface area (Å²) in [7, 11) is 1.56. The molecule has 1 aliphatic carbocycles. The van der Waals surface area contributed by atoms with Crippen LogP contribution < -0.4 is 19.5 Å². The number of ether oxygens (including phenoxy) is 3. The van der Waals surface area contributed by atoms with Gasteiger partial charge in [0.25, 0.3) is 0 Å². The summed E-state index contributed by atoms with van der Waals surface area (Å²) in [4.78, 5) is 12.6. The van der Waals surface area contributed by atoms with E-state index in [1.807, 2.05) is 36.4 Å². The molecular weight excluding hydrogens is 330 g/mol. The summed E-state index contributed by atoms with van der Waals surface area (Å²) in [6.07, 6.45) is 4.07. The van der Waals surface area contributed by atoms with Crippen LogP contribution in [0.3, 0.4) is 0 Å². The lowest BCUT2D eigenvalue weighted by atomic mass is 9.77. The number of benzene rings is 2. The third-order valence-electron chi connectivity index (χ3n) is 5.26. The summed E-state index contributed by atoms with van der Waals surface area (Å²) >= 11 is 0. The van der Waals surface area contributed by atoms with Gasteiger partial charge < -0.3 is 19.5 Å². The van der Waals surface area contributed by atoms with Crippen molar-refractivity contribution in [1.82, 2.24) is 5.32 Å². The first kappa shape index (κ1) is 16.8. The zero-order valence-electron chi connectivity index (χ0n) is 14.8. The molecule has 3 atom stereocenters. The van der Waals surface area contributed by atoms with E-state index in [9.17, 15) is 4.79 Å². The lowest BCUT2D eigenvalue weighted by Crippen LogP contribution is -2.46. The molecule has 0 unspecified atom stereocenters. The largest absolute Gasteiger partial charge is 0.493 e. The van der Waals surface area contributed by atoms with Crippen LogP contribution in [0.1, 0.15) is 37.3 Å². The van der Waals surface area contributed by atoms with Gasteiger partial charge in [0.05, 0.1) is 13.2 Å². The van der Waals surface area contributed by atoms with Crippen molar-refractivity contribution in [1.29, 1.82) is 0 Å². The monoisotopic (exact) mass is 353 g/mol. The second-order valence-electron chi connectivity index (χ2n) is 6.80. The molecule has 136 valence electrons. The van der Waals surface area contributed by atoms with E-state index in [1.54, 1.807) is 19.2 Å². The number of para-hydroxylation sites is 3. The van der Waals surface area contributed by atoms with Crippen LogP contribution in [0.25, 0.3) is 0 Å². The highest BCUT2D eigenvalue weighted by Gasteiger charge is 2.40. The van der Waals surface area contributed by atoms with Gasteiger partial charge in [-0.25, -0.2) is 4.79 Å². The molecule has 4 rings (SSSR count). The number of hydrogen-bond acceptors (Lipinski definition) is 4. The van der Waals surface area contributed by atoms with Crippen molar-refractivity contribution >= 4 is 6.09 Å². The van der Waals surface area contributed by atoms with E-state index in [0.717, 1.165) is 30.6 Å². The van der Waals surface area contributed by atoms with Gasteiger partial charge in [-0.1, -0.05) is 36.8 Å². The van der Waals surface area contributed by atoms with Crippen molar-refractivity contribution in [3.63, 3.8) is 0 Å². The summed E-state index contributed by atoms with van der Waals surface area (Å²) in [5.74, 6) is 2.07. The number of nitrogens with one attached hydrogen (secondary N) is 1. The second-order valence-corrected chi connectivity index (χ2v) is 6.80. The number of fused-ring (bicyclic) bond motifs is 2. The van der Waals surface area contributed by atoms with Gasteiger partial charge in [-0.3, -0.25) is 0 Å². The predicted octanol–water partition coefficient (Wildman–Crippen LogP) is 4.48. The van der Waals surface area contributed by atoms with Crippen LogP contribution in [-0.2, 0) is 0 Å². The minimum Gasteiger partial charge on any atom is -0.493 e. The van der Waals surface area contributed by atoms with Gasteiger partial charge in [0.1, 0.15) is 11.9 Å². The van der Waals surface area contributed by atoms with E-state index >= 15 is 0 Å². The highest BCUT2D eigenvalue weighted by molar-refractivity contribution is 5.72. The topological polar surface area (TPSA) is 56.8 Å². The normalized spacial score (nSPS) is 23.8. The van der Waals surface area contributed by atoms with Crippen LogP contribution in [0.4, 0.5) is 4.79 Å². The molecule has 5 nitrogen and oxygen atoms in total. The quantitative estimate of drug-likeness (QED) is 0.884. The molecule has 0 bridgehead atoms. The Morgan fingerprint density at radius 2 is 1.77 bits per heavy atom. The fourth-order valence-corrected chi connectivity index (χ4v) is 4.04. The van der Waals surface area contributed by atoms with Crippen LogP contribution in [0.5, 0.6) is 17.2 Å². The summed E-state index contributed by atoms with van der Waals surface area (Å²) in [6, 6.07) is 15.0. The number of carbonyl (C=O) groups is 1. The molecule has 0 radical (unpaired) electrons. The first-order valence-corrected chi connectivity index (χ1v) is 9.13. The molecule has 1 saturated carbocycles. The van der Waals surface area contributed by atoms with Gasteiger partial charge >= 0.3 is 6.09 Å². The standard InChI is InChI=1S/C21H23NO4/c1-24-18-12-6-7-13-19(18)26-21(23)22-20-14-8-2-4-10-16(14)25-17-11-5-3-9-15(17)20/h2,4,6-8,10,12-13,15,17,20H,3,5,9,11H2,1H3,(H,22,23)/t15-,17-,20-/m0/s1. The van der Waals surface area contributed by atoms with Gasteiger partial charge in [0.15, 0.2) is 11.5 Å². The molecule has 2 aromatic rings. The molecule has 1 amide bonds. The number of methoxy groups -OCH3 is 1. The molecule has 0 saturated heterocycles. The van der Waals surface area contributed by atoms with E-state index in [0.29, 0.717) is 11.5 Å². The third kappa shape index (κ3) is 3.21. The van der Waals surface area contributed by atoms with Crippen molar-refractivity contribution in [3.8, 4) is 17.2 Å². The SMILES string of the molecule is COc1ccccc1OC(=O)N[C@H]1c2ccccc2O[C@H]2CCCC[C@@H]21. The molecule has 1 heterocycles. The Kier molecular flexibility index (Phi) is 4.69. The maximum atomic E-state index is 12.6. The highest BCUT2D eigenvalue weighted by Crippen LogP contribution is 2.44. The number of carbonyl (C=O) groups excluding carboxylic acids is 1. The van der Waals surface area contributed by atoms with Crippen molar-refractivity contribution in [2.75, 3.05) is 7.11 Å². The van der Waals surface area contributed by atoms with Crippen molar-refractivity contribution in [2.24, 2.45) is 5.92 Å². The number of rotatable bonds is 3. The Labute approximate surface area is 153 Å². The molecular formula is C21H23NO4. The third-order valence-corrected chi connectivity index (χ3v) is 5.26. The zero-order valence-corrected chi connectivity index (χ0v) is 14.8.